The van der Waals surface area contributed by atoms with Crippen LogP contribution >= 0.6 is 0 Å². The molecule has 0 aromatic heterocycles. The zero-order chi connectivity index (χ0) is 19.6. The lowest BCUT2D eigenvalue weighted by molar-refractivity contribution is -0.117. The molecule has 144 valence electrons. The van der Waals surface area contributed by atoms with Gasteiger partial charge in [-0.25, -0.2) is 8.42 Å². The molecule has 2 aromatic carbocycles. The summed E-state index contributed by atoms with van der Waals surface area (Å²) in [7, 11) is -0.533. The average molecular weight is 388 g/mol. The molecule has 0 saturated carbocycles. The summed E-state index contributed by atoms with van der Waals surface area (Å²) in [6.07, 6.45) is 1.38. The quantitative estimate of drug-likeness (QED) is 0.763. The van der Waals surface area contributed by atoms with Crippen molar-refractivity contribution in [2.45, 2.75) is 31.2 Å². The van der Waals surface area contributed by atoms with E-state index in [2.05, 4.69) is 0 Å². The van der Waals surface area contributed by atoms with Crippen LogP contribution < -0.4 is 9.64 Å². The molecular formula is C20H24N2O4S. The van der Waals surface area contributed by atoms with Gasteiger partial charge in [0, 0.05) is 37.8 Å². The zero-order valence-electron chi connectivity index (χ0n) is 15.8. The first-order chi connectivity index (χ1) is 12.8. The van der Waals surface area contributed by atoms with E-state index in [4.69, 9.17) is 4.74 Å². The van der Waals surface area contributed by atoms with Gasteiger partial charge in [-0.15, -0.1) is 0 Å². The maximum absolute atomic E-state index is 12.9. The van der Waals surface area contributed by atoms with E-state index in [-0.39, 0.29) is 17.3 Å². The van der Waals surface area contributed by atoms with Gasteiger partial charge >= 0.3 is 0 Å². The Labute approximate surface area is 160 Å². The van der Waals surface area contributed by atoms with Crippen LogP contribution in [-0.4, -0.2) is 39.3 Å². The van der Waals surface area contributed by atoms with Gasteiger partial charge in [-0.3, -0.25) is 4.79 Å². The van der Waals surface area contributed by atoms with E-state index in [1.165, 1.54) is 4.31 Å². The van der Waals surface area contributed by atoms with Gasteiger partial charge in [0.25, 0.3) is 0 Å². The van der Waals surface area contributed by atoms with Crippen LogP contribution in [0.25, 0.3) is 0 Å². The molecule has 27 heavy (non-hydrogen) atoms. The van der Waals surface area contributed by atoms with E-state index < -0.39 is 10.0 Å². The van der Waals surface area contributed by atoms with E-state index in [9.17, 15) is 13.2 Å². The molecule has 0 aliphatic carbocycles. The molecule has 1 aliphatic rings. The number of anilines is 1. The summed E-state index contributed by atoms with van der Waals surface area (Å²) in [6, 6.07) is 12.2. The molecule has 0 atom stereocenters. The highest BCUT2D eigenvalue weighted by atomic mass is 32.2. The lowest BCUT2D eigenvalue weighted by Crippen LogP contribution is -2.27. The SMILES string of the molecule is COc1ccc(C)cc1CN(C)S(=O)(=O)c1ccc(N2CCCC2=O)cc1. The maximum atomic E-state index is 12.9. The monoisotopic (exact) mass is 388 g/mol. The van der Waals surface area contributed by atoms with Crippen LogP contribution in [0, 0.1) is 6.92 Å². The van der Waals surface area contributed by atoms with Crippen LogP contribution in [0.3, 0.4) is 0 Å². The number of rotatable bonds is 6. The fourth-order valence-corrected chi connectivity index (χ4v) is 4.40. The van der Waals surface area contributed by atoms with Crippen molar-refractivity contribution in [1.82, 2.24) is 4.31 Å². The van der Waals surface area contributed by atoms with Gasteiger partial charge in [-0.05, 0) is 43.7 Å². The number of amides is 1. The summed E-state index contributed by atoms with van der Waals surface area (Å²) in [5.41, 5.74) is 2.58. The first-order valence-electron chi connectivity index (χ1n) is 8.83. The van der Waals surface area contributed by atoms with E-state index >= 15 is 0 Å². The number of carbonyl (C=O) groups excluding carboxylic acids is 1. The third-order valence-electron chi connectivity index (χ3n) is 4.76. The Balaban J connectivity index is 1.81. The van der Waals surface area contributed by atoms with Crippen molar-refractivity contribution in [3.63, 3.8) is 0 Å². The van der Waals surface area contributed by atoms with Crippen molar-refractivity contribution in [3.8, 4) is 5.75 Å². The second-order valence-corrected chi connectivity index (χ2v) is 8.76. The summed E-state index contributed by atoms with van der Waals surface area (Å²) in [6.45, 7) is 2.84. The lowest BCUT2D eigenvalue weighted by atomic mass is 10.1. The normalized spacial score (nSPS) is 14.8. The summed E-state index contributed by atoms with van der Waals surface area (Å²) >= 11 is 0. The second-order valence-electron chi connectivity index (χ2n) is 6.72. The minimum Gasteiger partial charge on any atom is -0.496 e. The molecule has 3 rings (SSSR count). The molecule has 2 aromatic rings. The number of methoxy groups -OCH3 is 1. The Hall–Kier alpha value is -2.38. The number of hydrogen-bond acceptors (Lipinski definition) is 4. The van der Waals surface area contributed by atoms with Crippen molar-refractivity contribution in [2.24, 2.45) is 0 Å². The van der Waals surface area contributed by atoms with Crippen LogP contribution in [-0.2, 0) is 21.4 Å². The Morgan fingerprint density at radius 3 is 2.44 bits per heavy atom. The molecule has 0 spiro atoms. The average Bonchev–Trinajstić information content (AvgIpc) is 3.08. The molecule has 0 unspecified atom stereocenters. The molecule has 0 bridgehead atoms. The number of hydrogen-bond donors (Lipinski definition) is 0. The molecule has 0 N–H and O–H groups in total. The minimum atomic E-state index is -3.65. The highest BCUT2D eigenvalue weighted by Crippen LogP contribution is 2.26. The van der Waals surface area contributed by atoms with Crippen molar-refractivity contribution < 1.29 is 17.9 Å². The maximum Gasteiger partial charge on any atom is 0.243 e. The van der Waals surface area contributed by atoms with Crippen molar-refractivity contribution >= 4 is 21.6 Å². The fourth-order valence-electron chi connectivity index (χ4n) is 3.25. The largest absolute Gasteiger partial charge is 0.496 e. The van der Waals surface area contributed by atoms with Gasteiger partial charge < -0.3 is 9.64 Å². The van der Waals surface area contributed by atoms with E-state index in [0.717, 1.165) is 23.2 Å². The Morgan fingerprint density at radius 2 is 1.85 bits per heavy atom. The Kier molecular flexibility index (Phi) is 5.53. The van der Waals surface area contributed by atoms with Crippen molar-refractivity contribution in [3.05, 3.63) is 53.6 Å². The first kappa shape index (κ1) is 19.4. The zero-order valence-corrected chi connectivity index (χ0v) is 16.6. The standard InChI is InChI=1S/C20H24N2O4S/c1-15-6-11-19(26-3)16(13-15)14-21(2)27(24,25)18-9-7-17(8-10-18)22-12-4-5-20(22)23/h6-11,13H,4-5,12,14H2,1-3H3. The van der Waals surface area contributed by atoms with Gasteiger partial charge in [0.15, 0.2) is 0 Å². The molecule has 1 heterocycles. The van der Waals surface area contributed by atoms with E-state index in [1.54, 1.807) is 43.3 Å². The Morgan fingerprint density at radius 1 is 1.15 bits per heavy atom. The number of benzene rings is 2. The summed E-state index contributed by atoms with van der Waals surface area (Å²) in [5.74, 6) is 0.736. The predicted octanol–water partition coefficient (Wildman–Crippen LogP) is 2.95. The number of nitrogens with zero attached hydrogens (tertiary/aromatic N) is 2. The van der Waals surface area contributed by atoms with Gasteiger partial charge in [-0.1, -0.05) is 17.7 Å². The molecule has 1 fully saturated rings. The van der Waals surface area contributed by atoms with Crippen LogP contribution in [0.2, 0.25) is 0 Å². The molecule has 1 aliphatic heterocycles. The summed E-state index contributed by atoms with van der Waals surface area (Å²) in [5, 5.41) is 0. The first-order valence-corrected chi connectivity index (χ1v) is 10.3. The molecule has 7 heteroatoms. The predicted molar refractivity (Wildman–Crippen MR) is 104 cm³/mol. The van der Waals surface area contributed by atoms with Gasteiger partial charge in [-0.2, -0.15) is 4.31 Å². The van der Waals surface area contributed by atoms with E-state index in [0.29, 0.717) is 18.7 Å². The number of carbonyl (C=O) groups is 1. The Bertz CT molecular complexity index is 939. The van der Waals surface area contributed by atoms with Crippen LogP contribution in [0.1, 0.15) is 24.0 Å². The van der Waals surface area contributed by atoms with Crippen molar-refractivity contribution in [2.75, 3.05) is 25.6 Å². The summed E-state index contributed by atoms with van der Waals surface area (Å²) in [4.78, 5) is 13.7. The second kappa shape index (κ2) is 7.70. The molecular weight excluding hydrogens is 364 g/mol. The van der Waals surface area contributed by atoms with Gasteiger partial charge in [0.2, 0.25) is 15.9 Å². The smallest absolute Gasteiger partial charge is 0.243 e. The third kappa shape index (κ3) is 3.99. The number of aryl methyl sites for hydroxylation is 1. The van der Waals surface area contributed by atoms with Crippen LogP contribution in [0.5, 0.6) is 5.75 Å². The van der Waals surface area contributed by atoms with Gasteiger partial charge in [0.05, 0.1) is 12.0 Å². The number of ether oxygens (including phenoxy) is 1. The molecule has 1 amide bonds. The number of sulfonamides is 1. The van der Waals surface area contributed by atoms with Crippen LogP contribution in [0.15, 0.2) is 47.4 Å². The summed E-state index contributed by atoms with van der Waals surface area (Å²) < 4.78 is 32.5. The molecule has 0 radical (unpaired) electrons. The van der Waals surface area contributed by atoms with Crippen molar-refractivity contribution in [1.29, 1.82) is 0 Å². The highest BCUT2D eigenvalue weighted by molar-refractivity contribution is 7.89. The van der Waals surface area contributed by atoms with Crippen LogP contribution in [0.4, 0.5) is 5.69 Å². The lowest BCUT2D eigenvalue weighted by Gasteiger charge is -2.20. The minimum absolute atomic E-state index is 0.0780. The molecule has 6 nitrogen and oxygen atoms in total. The highest BCUT2D eigenvalue weighted by Gasteiger charge is 2.25. The van der Waals surface area contributed by atoms with Gasteiger partial charge in [0.1, 0.15) is 5.75 Å². The molecule has 1 saturated heterocycles. The fraction of sp³-hybridized carbons (Fsp3) is 0.350. The van der Waals surface area contributed by atoms with E-state index in [1.807, 2.05) is 25.1 Å². The topological polar surface area (TPSA) is 66.9 Å². The third-order valence-corrected chi connectivity index (χ3v) is 6.58.